The number of esters is 2. The molecule has 0 aromatic rings. The zero-order valence-corrected chi connectivity index (χ0v) is 33.1. The Hall–Kier alpha value is -1.29. The summed E-state index contributed by atoms with van der Waals surface area (Å²) in [5.41, 5.74) is 4.78. The topological polar surface area (TPSA) is 166 Å². The fourth-order valence-corrected chi connectivity index (χ4v) is 5.79. The van der Waals surface area contributed by atoms with Crippen LogP contribution in [0.1, 0.15) is 194 Å². The number of hydrogen-bond donors (Lipinski definition) is 4. The number of aliphatic hydroxyl groups excluding tert-OH is 1. The maximum atomic E-state index is 12.3. The molecule has 0 rings (SSSR count). The minimum atomic E-state index is -4.74. The third kappa shape index (κ3) is 44.7. The van der Waals surface area contributed by atoms with Gasteiger partial charge in [0.25, 0.3) is 0 Å². The molecular formula is C39H78NO9P. The van der Waals surface area contributed by atoms with Crippen molar-refractivity contribution in [1.29, 1.82) is 0 Å². The molecule has 0 saturated carbocycles. The first-order valence-corrected chi connectivity index (χ1v) is 21.7. The molecule has 0 aromatic heterocycles. The van der Waals surface area contributed by atoms with Gasteiger partial charge in [-0.2, -0.15) is 0 Å². The lowest BCUT2D eigenvalue weighted by molar-refractivity contribution is -0.161. The zero-order valence-electron chi connectivity index (χ0n) is 32.2. The minimum Gasteiger partial charge on any atom is -0.462 e. The normalized spacial score (nSPS) is 12.1. The molecule has 1 atom stereocenters. The van der Waals surface area contributed by atoms with Crippen LogP contribution in [0.3, 0.4) is 0 Å². The average Bonchev–Trinajstić information content (AvgIpc) is 3.09. The number of allylic oxidation sites excluding steroid dienone is 2. The van der Waals surface area contributed by atoms with Gasteiger partial charge in [-0.15, -0.1) is 0 Å². The van der Waals surface area contributed by atoms with Crippen molar-refractivity contribution in [3.63, 3.8) is 0 Å². The van der Waals surface area contributed by atoms with Crippen LogP contribution in [0, 0.1) is 0 Å². The summed E-state index contributed by atoms with van der Waals surface area (Å²) in [5.74, 6) is -0.887. The van der Waals surface area contributed by atoms with Crippen molar-refractivity contribution in [3.05, 3.63) is 12.2 Å². The molecule has 1 unspecified atom stereocenters. The highest BCUT2D eigenvalue weighted by atomic mass is 31.2. The lowest BCUT2D eigenvalue weighted by Crippen LogP contribution is -2.29. The van der Waals surface area contributed by atoms with E-state index in [0.717, 1.165) is 51.4 Å². The van der Waals surface area contributed by atoms with Crippen molar-refractivity contribution in [2.75, 3.05) is 26.4 Å². The third-order valence-electron chi connectivity index (χ3n) is 8.41. The number of unbranched alkanes of at least 4 members (excludes halogenated alkanes) is 23. The van der Waals surface area contributed by atoms with Crippen LogP contribution in [0.15, 0.2) is 12.2 Å². The van der Waals surface area contributed by atoms with E-state index < -0.39 is 32.5 Å². The van der Waals surface area contributed by atoms with Crippen LogP contribution in [-0.2, 0) is 28.2 Å². The van der Waals surface area contributed by atoms with Gasteiger partial charge in [-0.25, -0.2) is 4.57 Å². The molecule has 0 amide bonds. The Bertz CT molecular complexity index is 804. The van der Waals surface area contributed by atoms with Gasteiger partial charge in [0, 0.05) is 19.4 Å². The fraction of sp³-hybridized carbons (Fsp3) is 0.897. The maximum absolute atomic E-state index is 12.3. The summed E-state index contributed by atoms with van der Waals surface area (Å²) in [6.07, 6.45) is 35.0. The van der Waals surface area contributed by atoms with Gasteiger partial charge < -0.3 is 30.1 Å². The molecule has 0 spiro atoms. The molecule has 50 heavy (non-hydrogen) atoms. The Labute approximate surface area is 306 Å². The summed E-state index contributed by atoms with van der Waals surface area (Å²) in [6.45, 7) is 4.14. The van der Waals surface area contributed by atoms with Crippen LogP contribution in [0.4, 0.5) is 0 Å². The summed E-state index contributed by atoms with van der Waals surface area (Å²) in [4.78, 5) is 42.7. The second kappa shape index (κ2) is 40.5. The number of nitrogens with two attached hydrogens (primary N) is 1. The standard InChI is InChI=1S/C37H71O8P.C2H7NO/c1-3-5-7-9-11-13-15-17-18-20-22-24-26-28-30-32-37(39)45-35(34-44-46(40,41)42)33-43-36(38)31-29-27-25-23-21-19-16-14-12-10-8-6-4-2;3-1-2-4/h17-18,35H,3-16,19-34H2,1-2H3,(H2,40,41,42);4H,1-3H2/b18-17-;. The van der Waals surface area contributed by atoms with E-state index in [0.29, 0.717) is 13.0 Å². The van der Waals surface area contributed by atoms with Gasteiger partial charge in [-0.3, -0.25) is 14.1 Å². The largest absolute Gasteiger partial charge is 0.469 e. The number of phosphoric acid groups is 1. The Kier molecular flexibility index (Phi) is 41.1. The first kappa shape index (κ1) is 50.8. The zero-order chi connectivity index (χ0) is 37.4. The number of carbonyl (C=O) groups is 2. The molecule has 5 N–H and O–H groups in total. The molecule has 0 aliphatic carbocycles. The second-order valence-corrected chi connectivity index (χ2v) is 14.7. The van der Waals surface area contributed by atoms with E-state index in [1.165, 1.54) is 109 Å². The van der Waals surface area contributed by atoms with E-state index in [2.05, 4.69) is 30.5 Å². The highest BCUT2D eigenvalue weighted by Gasteiger charge is 2.22. The van der Waals surface area contributed by atoms with Crippen molar-refractivity contribution < 1.29 is 43.0 Å². The predicted molar refractivity (Wildman–Crippen MR) is 205 cm³/mol. The molecule has 0 radical (unpaired) electrons. The van der Waals surface area contributed by atoms with Crippen LogP contribution in [0.25, 0.3) is 0 Å². The summed E-state index contributed by atoms with van der Waals surface area (Å²) in [5, 5.41) is 7.75. The van der Waals surface area contributed by atoms with Gasteiger partial charge in [-0.1, -0.05) is 154 Å². The Morgan fingerprint density at radius 1 is 0.600 bits per heavy atom. The molecule has 0 aliphatic heterocycles. The number of hydrogen-bond acceptors (Lipinski definition) is 8. The number of phosphoric ester groups is 1. The van der Waals surface area contributed by atoms with E-state index >= 15 is 0 Å². The molecule has 0 saturated heterocycles. The molecule has 0 heterocycles. The molecule has 0 aliphatic rings. The lowest BCUT2D eigenvalue weighted by Gasteiger charge is -2.18. The van der Waals surface area contributed by atoms with Crippen LogP contribution in [0.5, 0.6) is 0 Å². The van der Waals surface area contributed by atoms with Crippen molar-refractivity contribution in [2.24, 2.45) is 5.73 Å². The van der Waals surface area contributed by atoms with E-state index in [1.807, 2.05) is 0 Å². The van der Waals surface area contributed by atoms with E-state index in [9.17, 15) is 14.2 Å². The molecule has 11 heteroatoms. The molecular weight excluding hydrogens is 657 g/mol. The van der Waals surface area contributed by atoms with Crippen LogP contribution in [-0.4, -0.2) is 59.3 Å². The number of ether oxygens (including phenoxy) is 2. The lowest BCUT2D eigenvalue weighted by atomic mass is 10.0. The summed E-state index contributed by atoms with van der Waals surface area (Å²) < 4.78 is 26.3. The third-order valence-corrected chi connectivity index (χ3v) is 8.90. The molecule has 10 nitrogen and oxygen atoms in total. The monoisotopic (exact) mass is 736 g/mol. The molecule has 0 aromatic carbocycles. The molecule has 0 bridgehead atoms. The van der Waals surface area contributed by atoms with E-state index in [-0.39, 0.29) is 26.1 Å². The van der Waals surface area contributed by atoms with Crippen molar-refractivity contribution >= 4 is 19.8 Å². The quantitative estimate of drug-likeness (QED) is 0.0211. The Morgan fingerprint density at radius 2 is 0.960 bits per heavy atom. The van der Waals surface area contributed by atoms with Gasteiger partial charge in [0.05, 0.1) is 13.2 Å². The fourth-order valence-electron chi connectivity index (χ4n) is 5.43. The molecule has 0 fully saturated rings. The Balaban J connectivity index is 0. The van der Waals surface area contributed by atoms with Gasteiger partial charge >= 0.3 is 19.8 Å². The maximum Gasteiger partial charge on any atom is 0.469 e. The summed E-state index contributed by atoms with van der Waals surface area (Å²) >= 11 is 0. The van der Waals surface area contributed by atoms with Crippen molar-refractivity contribution in [3.8, 4) is 0 Å². The van der Waals surface area contributed by atoms with Gasteiger partial charge in [-0.05, 0) is 38.5 Å². The first-order chi connectivity index (χ1) is 24.2. The van der Waals surface area contributed by atoms with Crippen LogP contribution < -0.4 is 5.73 Å². The average molecular weight is 736 g/mol. The summed E-state index contributed by atoms with van der Waals surface area (Å²) in [7, 11) is -4.74. The SMILES string of the molecule is CCCCCCCC/C=C\CCCCCCCC(=O)OC(COC(=O)CCCCCCCCCCCCCCC)COP(=O)(O)O.NCCO. The molecule has 298 valence electrons. The van der Waals surface area contributed by atoms with Gasteiger partial charge in [0.15, 0.2) is 6.10 Å². The highest BCUT2D eigenvalue weighted by Crippen LogP contribution is 2.36. The van der Waals surface area contributed by atoms with Crippen LogP contribution in [0.2, 0.25) is 0 Å². The van der Waals surface area contributed by atoms with Crippen molar-refractivity contribution in [2.45, 2.75) is 200 Å². The van der Waals surface area contributed by atoms with Crippen LogP contribution >= 0.6 is 7.82 Å². The minimum absolute atomic E-state index is 0.0972. The predicted octanol–water partition coefficient (Wildman–Crippen LogP) is 10.0. The number of aliphatic hydroxyl groups is 1. The van der Waals surface area contributed by atoms with E-state index in [4.69, 9.17) is 30.1 Å². The van der Waals surface area contributed by atoms with Gasteiger partial charge in [0.1, 0.15) is 6.61 Å². The highest BCUT2D eigenvalue weighted by molar-refractivity contribution is 7.46. The van der Waals surface area contributed by atoms with Gasteiger partial charge in [0.2, 0.25) is 0 Å². The smallest absolute Gasteiger partial charge is 0.462 e. The Morgan fingerprint density at radius 3 is 1.34 bits per heavy atom. The van der Waals surface area contributed by atoms with Crippen molar-refractivity contribution in [1.82, 2.24) is 0 Å². The number of carbonyl (C=O) groups excluding carboxylic acids is 2. The van der Waals surface area contributed by atoms with E-state index in [1.54, 1.807) is 0 Å². The summed E-state index contributed by atoms with van der Waals surface area (Å²) in [6, 6.07) is 0. The second-order valence-electron chi connectivity index (χ2n) is 13.4. The number of rotatable bonds is 36. The first-order valence-electron chi connectivity index (χ1n) is 20.2.